The van der Waals surface area contributed by atoms with Crippen molar-refractivity contribution in [1.82, 2.24) is 4.90 Å². The second-order valence-corrected chi connectivity index (χ2v) is 4.98. The van der Waals surface area contributed by atoms with Gasteiger partial charge in [0.1, 0.15) is 11.5 Å². The molecule has 21 heavy (non-hydrogen) atoms. The molecule has 0 unspecified atom stereocenters. The molecule has 0 aliphatic heterocycles. The number of hydrogen-bond donors (Lipinski definition) is 1. The van der Waals surface area contributed by atoms with Crippen LogP contribution in [0.25, 0.3) is 0 Å². The van der Waals surface area contributed by atoms with Gasteiger partial charge in [-0.1, -0.05) is 18.2 Å². The Kier molecular flexibility index (Phi) is 4.65. The Balaban J connectivity index is 2.08. The minimum atomic E-state index is -1.04. The predicted octanol–water partition coefficient (Wildman–Crippen LogP) is 2.93. The number of ether oxygens (including phenoxy) is 1. The molecule has 5 nitrogen and oxygen atoms in total. The van der Waals surface area contributed by atoms with E-state index in [4.69, 9.17) is 14.3 Å². The maximum atomic E-state index is 10.9. The molecule has 1 aromatic heterocycles. The van der Waals surface area contributed by atoms with Crippen LogP contribution in [0.15, 0.2) is 34.7 Å². The summed E-state index contributed by atoms with van der Waals surface area (Å²) in [6.07, 6.45) is 0. The van der Waals surface area contributed by atoms with E-state index in [1.165, 1.54) is 0 Å². The summed E-state index contributed by atoms with van der Waals surface area (Å²) in [5, 5.41) is 8.94. The van der Waals surface area contributed by atoms with E-state index in [1.54, 1.807) is 20.1 Å². The number of nitrogens with zero attached hydrogens (tertiary/aromatic N) is 1. The van der Waals surface area contributed by atoms with E-state index in [0.29, 0.717) is 18.8 Å². The van der Waals surface area contributed by atoms with E-state index >= 15 is 0 Å². The Labute approximate surface area is 123 Å². The average molecular weight is 289 g/mol. The van der Waals surface area contributed by atoms with Crippen molar-refractivity contribution < 1.29 is 19.1 Å². The summed E-state index contributed by atoms with van der Waals surface area (Å²) in [5.41, 5.74) is 1.96. The fourth-order valence-corrected chi connectivity index (χ4v) is 2.25. The minimum Gasteiger partial charge on any atom is -0.496 e. The van der Waals surface area contributed by atoms with Crippen molar-refractivity contribution in [2.45, 2.75) is 20.0 Å². The highest BCUT2D eigenvalue weighted by Crippen LogP contribution is 2.21. The minimum absolute atomic E-state index is 0.0202. The Bertz CT molecular complexity index is 633. The zero-order valence-electron chi connectivity index (χ0n) is 12.4. The lowest BCUT2D eigenvalue weighted by Crippen LogP contribution is -2.17. The van der Waals surface area contributed by atoms with Crippen LogP contribution in [0.5, 0.6) is 5.75 Å². The monoisotopic (exact) mass is 289 g/mol. The summed E-state index contributed by atoms with van der Waals surface area (Å²) >= 11 is 0. The summed E-state index contributed by atoms with van der Waals surface area (Å²) < 4.78 is 10.6. The molecule has 0 radical (unpaired) electrons. The fourth-order valence-electron chi connectivity index (χ4n) is 2.25. The Hall–Kier alpha value is -2.27. The van der Waals surface area contributed by atoms with Crippen LogP contribution in [0.1, 0.15) is 27.4 Å². The third-order valence-electron chi connectivity index (χ3n) is 3.30. The highest BCUT2D eigenvalue weighted by atomic mass is 16.5. The quantitative estimate of drug-likeness (QED) is 0.886. The third kappa shape index (κ3) is 3.64. The zero-order valence-corrected chi connectivity index (χ0v) is 12.4. The molecular weight excluding hydrogens is 270 g/mol. The van der Waals surface area contributed by atoms with Crippen molar-refractivity contribution in [2.24, 2.45) is 0 Å². The molecule has 1 heterocycles. The maximum Gasteiger partial charge on any atom is 0.371 e. The van der Waals surface area contributed by atoms with Gasteiger partial charge in [0.15, 0.2) is 0 Å². The SMILES string of the molecule is COc1ccccc1CN(C)Cc1cc(C(=O)O)oc1C. The number of para-hydroxylation sites is 1. The smallest absolute Gasteiger partial charge is 0.371 e. The van der Waals surface area contributed by atoms with E-state index in [2.05, 4.69) is 4.90 Å². The van der Waals surface area contributed by atoms with E-state index in [0.717, 1.165) is 16.9 Å². The predicted molar refractivity (Wildman–Crippen MR) is 78.6 cm³/mol. The van der Waals surface area contributed by atoms with Crippen LogP contribution in [-0.4, -0.2) is 30.1 Å². The summed E-state index contributed by atoms with van der Waals surface area (Å²) in [5.74, 6) is 0.420. The topological polar surface area (TPSA) is 62.9 Å². The van der Waals surface area contributed by atoms with Crippen molar-refractivity contribution in [3.05, 3.63) is 53.0 Å². The van der Waals surface area contributed by atoms with Crippen LogP contribution in [0.3, 0.4) is 0 Å². The van der Waals surface area contributed by atoms with Crippen LogP contribution >= 0.6 is 0 Å². The van der Waals surface area contributed by atoms with Gasteiger partial charge in [0.05, 0.1) is 7.11 Å². The molecule has 0 saturated heterocycles. The number of hydrogen-bond acceptors (Lipinski definition) is 4. The number of benzene rings is 1. The largest absolute Gasteiger partial charge is 0.496 e. The number of furan rings is 1. The lowest BCUT2D eigenvalue weighted by molar-refractivity contribution is 0.0661. The van der Waals surface area contributed by atoms with Crippen LogP contribution < -0.4 is 4.74 Å². The van der Waals surface area contributed by atoms with Crippen molar-refractivity contribution in [3.63, 3.8) is 0 Å². The van der Waals surface area contributed by atoms with Crippen molar-refractivity contribution in [3.8, 4) is 5.75 Å². The fraction of sp³-hybridized carbons (Fsp3) is 0.312. The van der Waals surface area contributed by atoms with Gasteiger partial charge in [0.25, 0.3) is 0 Å². The lowest BCUT2D eigenvalue weighted by atomic mass is 10.1. The standard InChI is InChI=1S/C16H19NO4/c1-11-13(8-15(21-11)16(18)19)10-17(2)9-12-6-4-5-7-14(12)20-3/h4-8H,9-10H2,1-3H3,(H,18,19). The first-order valence-electron chi connectivity index (χ1n) is 6.64. The molecule has 0 saturated carbocycles. The van der Waals surface area contributed by atoms with Crippen LogP contribution in [0.2, 0.25) is 0 Å². The van der Waals surface area contributed by atoms with Gasteiger partial charge in [-0.05, 0) is 26.1 Å². The van der Waals surface area contributed by atoms with Crippen molar-refractivity contribution >= 4 is 5.97 Å². The van der Waals surface area contributed by atoms with Gasteiger partial charge in [0, 0.05) is 24.2 Å². The molecular formula is C16H19NO4. The highest BCUT2D eigenvalue weighted by Gasteiger charge is 2.15. The molecule has 2 aromatic rings. The molecule has 1 N–H and O–H groups in total. The number of aryl methyl sites for hydroxylation is 1. The number of carbonyl (C=O) groups is 1. The maximum absolute atomic E-state index is 10.9. The van der Waals surface area contributed by atoms with Crippen LogP contribution in [0, 0.1) is 6.92 Å². The molecule has 112 valence electrons. The molecule has 0 aliphatic rings. The first-order chi connectivity index (χ1) is 10.0. The number of rotatable bonds is 6. The van der Waals surface area contributed by atoms with Gasteiger partial charge in [-0.15, -0.1) is 0 Å². The molecule has 0 fully saturated rings. The lowest BCUT2D eigenvalue weighted by Gasteiger charge is -2.18. The molecule has 0 atom stereocenters. The normalized spacial score (nSPS) is 10.9. The van der Waals surface area contributed by atoms with Gasteiger partial charge >= 0.3 is 5.97 Å². The van der Waals surface area contributed by atoms with Gasteiger partial charge in [-0.2, -0.15) is 0 Å². The Morgan fingerprint density at radius 1 is 1.29 bits per heavy atom. The first-order valence-corrected chi connectivity index (χ1v) is 6.64. The number of aromatic carboxylic acids is 1. The summed E-state index contributed by atoms with van der Waals surface area (Å²) in [7, 11) is 3.62. The number of methoxy groups -OCH3 is 1. The number of carboxylic acids is 1. The van der Waals surface area contributed by atoms with Gasteiger partial charge in [0.2, 0.25) is 5.76 Å². The summed E-state index contributed by atoms with van der Waals surface area (Å²) in [4.78, 5) is 13.0. The third-order valence-corrected chi connectivity index (χ3v) is 3.30. The second-order valence-electron chi connectivity index (χ2n) is 4.98. The molecule has 0 amide bonds. The molecule has 2 rings (SSSR count). The summed E-state index contributed by atoms with van der Waals surface area (Å²) in [6, 6.07) is 9.42. The van der Waals surface area contributed by atoms with E-state index < -0.39 is 5.97 Å². The molecule has 5 heteroatoms. The summed E-state index contributed by atoms with van der Waals surface area (Å²) in [6.45, 7) is 3.09. The van der Waals surface area contributed by atoms with Crippen LogP contribution in [0.4, 0.5) is 0 Å². The average Bonchev–Trinajstić information content (AvgIpc) is 2.81. The van der Waals surface area contributed by atoms with E-state index in [-0.39, 0.29) is 5.76 Å². The molecule has 0 bridgehead atoms. The van der Waals surface area contributed by atoms with Gasteiger partial charge in [-0.25, -0.2) is 4.79 Å². The van der Waals surface area contributed by atoms with E-state index in [1.807, 2.05) is 31.3 Å². The Morgan fingerprint density at radius 2 is 1.95 bits per heavy atom. The van der Waals surface area contributed by atoms with Gasteiger partial charge in [-0.3, -0.25) is 4.90 Å². The first kappa shape index (κ1) is 15.1. The second kappa shape index (κ2) is 6.45. The zero-order chi connectivity index (χ0) is 15.4. The molecule has 1 aromatic carbocycles. The highest BCUT2D eigenvalue weighted by molar-refractivity contribution is 5.84. The Morgan fingerprint density at radius 3 is 2.57 bits per heavy atom. The molecule has 0 aliphatic carbocycles. The van der Waals surface area contributed by atoms with Crippen molar-refractivity contribution in [2.75, 3.05) is 14.2 Å². The van der Waals surface area contributed by atoms with Crippen LogP contribution in [-0.2, 0) is 13.1 Å². The number of carboxylic acid groups (broad SMARTS) is 1. The van der Waals surface area contributed by atoms with Crippen molar-refractivity contribution in [1.29, 1.82) is 0 Å². The van der Waals surface area contributed by atoms with E-state index in [9.17, 15) is 4.79 Å². The molecule has 0 spiro atoms. The van der Waals surface area contributed by atoms with Gasteiger partial charge < -0.3 is 14.3 Å².